The van der Waals surface area contributed by atoms with E-state index in [1.54, 1.807) is 50.9 Å². The van der Waals surface area contributed by atoms with Crippen molar-refractivity contribution >= 4 is 10.0 Å². The zero-order valence-electron chi connectivity index (χ0n) is 15.0. The Morgan fingerprint density at radius 2 is 1.68 bits per heavy atom. The largest absolute Gasteiger partial charge is 0.496 e. The number of benzene rings is 1. The molecule has 2 rings (SSSR count). The van der Waals surface area contributed by atoms with E-state index in [-0.39, 0.29) is 18.0 Å². The van der Waals surface area contributed by atoms with Crippen LogP contribution in [0, 0.1) is 13.8 Å². The maximum absolute atomic E-state index is 13.2. The van der Waals surface area contributed by atoms with Gasteiger partial charge in [0.1, 0.15) is 5.75 Å². The Morgan fingerprint density at radius 3 is 2.20 bits per heavy atom. The highest BCUT2D eigenvalue weighted by Gasteiger charge is 2.26. The number of aromatic nitrogens is 1. The molecule has 136 valence electrons. The van der Waals surface area contributed by atoms with Crippen LogP contribution < -0.4 is 4.74 Å². The molecule has 0 fully saturated rings. The molecule has 0 aliphatic rings. The van der Waals surface area contributed by atoms with Crippen LogP contribution in [0.5, 0.6) is 5.75 Å². The Labute approximate surface area is 149 Å². The van der Waals surface area contributed by atoms with Crippen LogP contribution in [-0.2, 0) is 21.3 Å². The molecule has 0 saturated heterocycles. The first-order valence-corrected chi connectivity index (χ1v) is 9.37. The zero-order valence-corrected chi connectivity index (χ0v) is 15.8. The molecule has 0 aliphatic heterocycles. The summed E-state index contributed by atoms with van der Waals surface area (Å²) >= 11 is 0. The number of pyridine rings is 1. The fourth-order valence-electron chi connectivity index (χ4n) is 2.70. The van der Waals surface area contributed by atoms with Gasteiger partial charge < -0.3 is 9.47 Å². The van der Waals surface area contributed by atoms with E-state index in [1.165, 1.54) is 4.31 Å². The fraction of sp³-hybridized carbons (Fsp3) is 0.389. The third kappa shape index (κ3) is 4.56. The van der Waals surface area contributed by atoms with Crippen LogP contribution in [0.2, 0.25) is 0 Å². The monoisotopic (exact) mass is 364 g/mol. The molecule has 0 bridgehead atoms. The predicted octanol–water partition coefficient (Wildman–Crippen LogP) is 2.54. The maximum Gasteiger partial charge on any atom is 0.243 e. The lowest BCUT2D eigenvalue weighted by molar-refractivity contribution is 0.177. The maximum atomic E-state index is 13.2. The van der Waals surface area contributed by atoms with Crippen LogP contribution in [0.15, 0.2) is 41.6 Å². The van der Waals surface area contributed by atoms with E-state index in [4.69, 9.17) is 9.47 Å². The third-order valence-corrected chi connectivity index (χ3v) is 5.75. The summed E-state index contributed by atoms with van der Waals surface area (Å²) in [6, 6.07) is 6.90. The minimum atomic E-state index is -3.66. The van der Waals surface area contributed by atoms with Crippen molar-refractivity contribution < 1.29 is 17.9 Å². The van der Waals surface area contributed by atoms with Gasteiger partial charge >= 0.3 is 0 Å². The lowest BCUT2D eigenvalue weighted by Crippen LogP contribution is -2.33. The van der Waals surface area contributed by atoms with Crippen molar-refractivity contribution in [1.29, 1.82) is 0 Å². The first-order valence-electron chi connectivity index (χ1n) is 7.93. The highest BCUT2D eigenvalue weighted by molar-refractivity contribution is 7.89. The normalized spacial score (nSPS) is 11.7. The molecule has 2 aromatic rings. The van der Waals surface area contributed by atoms with Crippen molar-refractivity contribution in [2.75, 3.05) is 27.4 Å². The Kier molecular flexibility index (Phi) is 6.52. The van der Waals surface area contributed by atoms with E-state index in [1.807, 2.05) is 13.8 Å². The average molecular weight is 364 g/mol. The standard InChI is InChI=1S/C18H24N2O4S/c1-14-11-17(12-15(2)18(14)24-4)25(21,22)20(9-10-23-3)13-16-5-7-19-8-6-16/h5-8,11-12H,9-10,13H2,1-4H3. The van der Waals surface area contributed by atoms with Gasteiger partial charge in [-0.25, -0.2) is 8.42 Å². The molecule has 0 atom stereocenters. The third-order valence-electron chi connectivity index (χ3n) is 3.93. The number of ether oxygens (including phenoxy) is 2. The highest BCUT2D eigenvalue weighted by Crippen LogP contribution is 2.28. The van der Waals surface area contributed by atoms with E-state index < -0.39 is 10.0 Å². The van der Waals surface area contributed by atoms with E-state index >= 15 is 0 Å². The zero-order chi connectivity index (χ0) is 18.4. The van der Waals surface area contributed by atoms with Crippen LogP contribution in [0.3, 0.4) is 0 Å². The van der Waals surface area contributed by atoms with Crippen molar-refractivity contribution in [2.45, 2.75) is 25.3 Å². The van der Waals surface area contributed by atoms with Gasteiger partial charge in [0.05, 0.1) is 18.6 Å². The molecule has 1 aromatic carbocycles. The number of rotatable bonds is 8. The smallest absolute Gasteiger partial charge is 0.243 e. The molecule has 1 aromatic heterocycles. The van der Waals surface area contributed by atoms with Crippen molar-refractivity contribution in [1.82, 2.24) is 9.29 Å². The van der Waals surface area contributed by atoms with Crippen molar-refractivity contribution in [3.05, 3.63) is 53.3 Å². The Morgan fingerprint density at radius 1 is 1.08 bits per heavy atom. The quantitative estimate of drug-likeness (QED) is 0.720. The molecular weight excluding hydrogens is 340 g/mol. The first kappa shape index (κ1) is 19.4. The summed E-state index contributed by atoms with van der Waals surface area (Å²) in [5.41, 5.74) is 2.45. The Balaban J connectivity index is 2.40. The summed E-state index contributed by atoms with van der Waals surface area (Å²) < 4.78 is 38.2. The van der Waals surface area contributed by atoms with Crippen LogP contribution >= 0.6 is 0 Å². The molecule has 1 heterocycles. The van der Waals surface area contributed by atoms with Crippen LogP contribution in [0.1, 0.15) is 16.7 Å². The second-order valence-corrected chi connectivity index (χ2v) is 7.72. The Bertz CT molecular complexity index is 784. The number of aryl methyl sites for hydroxylation is 2. The molecule has 0 saturated carbocycles. The summed E-state index contributed by atoms with van der Waals surface area (Å²) in [5.74, 6) is 0.705. The molecule has 0 N–H and O–H groups in total. The van der Waals surface area contributed by atoms with Gasteiger partial charge in [0.2, 0.25) is 10.0 Å². The van der Waals surface area contributed by atoms with Gasteiger partial charge in [0.15, 0.2) is 0 Å². The molecule has 0 spiro atoms. The van der Waals surface area contributed by atoms with Crippen molar-refractivity contribution in [3.63, 3.8) is 0 Å². The van der Waals surface area contributed by atoms with Gasteiger partial charge in [0, 0.05) is 32.6 Å². The number of hydrogen-bond donors (Lipinski definition) is 0. The number of sulfonamides is 1. The number of hydrogen-bond acceptors (Lipinski definition) is 5. The molecule has 0 unspecified atom stereocenters. The van der Waals surface area contributed by atoms with Gasteiger partial charge in [-0.3, -0.25) is 4.98 Å². The van der Waals surface area contributed by atoms with Gasteiger partial charge in [-0.2, -0.15) is 4.31 Å². The van der Waals surface area contributed by atoms with Crippen LogP contribution in [0.4, 0.5) is 0 Å². The average Bonchev–Trinajstić information content (AvgIpc) is 2.59. The molecular formula is C18H24N2O4S. The van der Waals surface area contributed by atoms with Gasteiger partial charge in [-0.05, 0) is 54.8 Å². The topological polar surface area (TPSA) is 68.7 Å². The van der Waals surface area contributed by atoms with Crippen LogP contribution in [-0.4, -0.2) is 45.1 Å². The van der Waals surface area contributed by atoms with E-state index in [0.717, 1.165) is 16.7 Å². The van der Waals surface area contributed by atoms with Crippen LogP contribution in [0.25, 0.3) is 0 Å². The molecule has 6 nitrogen and oxygen atoms in total. The van der Waals surface area contributed by atoms with Crippen molar-refractivity contribution in [2.24, 2.45) is 0 Å². The molecule has 0 aliphatic carbocycles. The lowest BCUT2D eigenvalue weighted by atomic mass is 10.1. The van der Waals surface area contributed by atoms with Gasteiger partial charge in [-0.15, -0.1) is 0 Å². The van der Waals surface area contributed by atoms with E-state index in [0.29, 0.717) is 12.4 Å². The second-order valence-electron chi connectivity index (χ2n) is 5.78. The highest BCUT2D eigenvalue weighted by atomic mass is 32.2. The van der Waals surface area contributed by atoms with E-state index in [2.05, 4.69) is 4.98 Å². The molecule has 0 radical (unpaired) electrons. The number of nitrogens with zero attached hydrogens (tertiary/aromatic N) is 2. The fourth-order valence-corrected chi connectivity index (χ4v) is 4.28. The lowest BCUT2D eigenvalue weighted by Gasteiger charge is -2.23. The summed E-state index contributed by atoms with van der Waals surface area (Å²) in [4.78, 5) is 4.23. The molecule has 25 heavy (non-hydrogen) atoms. The van der Waals surface area contributed by atoms with Gasteiger partial charge in [0.25, 0.3) is 0 Å². The SMILES string of the molecule is COCCN(Cc1ccncc1)S(=O)(=O)c1cc(C)c(OC)c(C)c1. The number of methoxy groups -OCH3 is 2. The minimum Gasteiger partial charge on any atom is -0.496 e. The molecule has 0 amide bonds. The Hall–Kier alpha value is -1.96. The van der Waals surface area contributed by atoms with Crippen molar-refractivity contribution in [3.8, 4) is 5.75 Å². The summed E-state index contributed by atoms with van der Waals surface area (Å²) in [7, 11) is -0.528. The summed E-state index contributed by atoms with van der Waals surface area (Å²) in [6.07, 6.45) is 3.30. The molecule has 7 heteroatoms. The van der Waals surface area contributed by atoms with Gasteiger partial charge in [-0.1, -0.05) is 0 Å². The van der Waals surface area contributed by atoms with E-state index in [9.17, 15) is 8.42 Å². The first-order chi connectivity index (χ1) is 11.9. The summed E-state index contributed by atoms with van der Waals surface area (Å²) in [6.45, 7) is 4.53. The predicted molar refractivity (Wildman–Crippen MR) is 96.2 cm³/mol. The minimum absolute atomic E-state index is 0.258. The second kappa shape index (κ2) is 8.42. The summed E-state index contributed by atoms with van der Waals surface area (Å²) in [5, 5.41) is 0.